The van der Waals surface area contributed by atoms with Crippen LogP contribution in [0.4, 0.5) is 0 Å². The average Bonchev–Trinajstić information content (AvgIpc) is 2.71. The topological polar surface area (TPSA) is 34.9 Å². The van der Waals surface area contributed by atoms with Gasteiger partial charge in [-0.05, 0) is 30.7 Å². The summed E-state index contributed by atoms with van der Waals surface area (Å²) in [7, 11) is 1.93. The van der Waals surface area contributed by atoms with Crippen LogP contribution in [0.1, 0.15) is 51.6 Å². The molecule has 1 aromatic rings. The summed E-state index contributed by atoms with van der Waals surface area (Å²) in [6.07, 6.45) is 8.04. The maximum atomic E-state index is 12.4. The molecule has 0 aromatic carbocycles. The van der Waals surface area contributed by atoms with Crippen LogP contribution in [-0.4, -0.2) is 15.6 Å². The van der Waals surface area contributed by atoms with Crippen LogP contribution in [0.15, 0.2) is 12.3 Å². The van der Waals surface area contributed by atoms with Crippen LogP contribution in [0.3, 0.4) is 0 Å². The molecular formula is C15H24N2O. The van der Waals surface area contributed by atoms with E-state index in [2.05, 4.69) is 18.9 Å². The van der Waals surface area contributed by atoms with Gasteiger partial charge in [-0.3, -0.25) is 9.48 Å². The van der Waals surface area contributed by atoms with Gasteiger partial charge in [0.1, 0.15) is 5.78 Å². The Balaban J connectivity index is 1.93. The number of carbonyl (C=O) groups excluding carboxylic acids is 1. The van der Waals surface area contributed by atoms with Crippen molar-refractivity contribution in [1.29, 1.82) is 0 Å². The van der Waals surface area contributed by atoms with Gasteiger partial charge in [-0.2, -0.15) is 5.10 Å². The number of hydrogen-bond donors (Lipinski definition) is 0. The van der Waals surface area contributed by atoms with Crippen molar-refractivity contribution in [1.82, 2.24) is 9.78 Å². The molecule has 1 fully saturated rings. The predicted molar refractivity (Wildman–Crippen MR) is 72.3 cm³/mol. The fourth-order valence-electron chi connectivity index (χ4n) is 3.16. The zero-order valence-electron chi connectivity index (χ0n) is 11.8. The van der Waals surface area contributed by atoms with E-state index in [9.17, 15) is 4.79 Å². The lowest BCUT2D eigenvalue weighted by Gasteiger charge is -2.37. The summed E-state index contributed by atoms with van der Waals surface area (Å²) in [6, 6.07) is 2.00. The molecule has 0 radical (unpaired) electrons. The molecule has 0 spiro atoms. The Morgan fingerprint density at radius 2 is 2.28 bits per heavy atom. The summed E-state index contributed by atoms with van der Waals surface area (Å²) in [5.74, 6) is 0.709. The second-order valence-corrected chi connectivity index (χ2v) is 6.20. The van der Waals surface area contributed by atoms with E-state index >= 15 is 0 Å². The molecule has 1 unspecified atom stereocenters. The molecule has 0 saturated heterocycles. The van der Waals surface area contributed by atoms with E-state index in [1.54, 1.807) is 6.20 Å². The van der Waals surface area contributed by atoms with Crippen molar-refractivity contribution >= 4 is 5.78 Å². The lowest BCUT2D eigenvalue weighted by molar-refractivity contribution is -0.127. The molecule has 0 bridgehead atoms. The van der Waals surface area contributed by atoms with Crippen LogP contribution >= 0.6 is 0 Å². The lowest BCUT2D eigenvalue weighted by atomic mass is 9.66. The van der Waals surface area contributed by atoms with E-state index in [1.807, 2.05) is 17.8 Å². The summed E-state index contributed by atoms with van der Waals surface area (Å²) < 4.78 is 1.86. The third-order valence-corrected chi connectivity index (χ3v) is 4.45. The number of aromatic nitrogens is 2. The van der Waals surface area contributed by atoms with Crippen LogP contribution in [0.2, 0.25) is 0 Å². The van der Waals surface area contributed by atoms with Gasteiger partial charge in [-0.1, -0.05) is 26.7 Å². The number of nitrogens with zero attached hydrogens (tertiary/aromatic N) is 2. The molecule has 0 N–H and O–H groups in total. The van der Waals surface area contributed by atoms with Crippen LogP contribution in [0.5, 0.6) is 0 Å². The summed E-state index contributed by atoms with van der Waals surface area (Å²) in [5, 5.41) is 4.14. The van der Waals surface area contributed by atoms with Crippen molar-refractivity contribution in [3.05, 3.63) is 18.0 Å². The Hall–Kier alpha value is -1.12. The van der Waals surface area contributed by atoms with Crippen molar-refractivity contribution in [2.45, 2.75) is 52.4 Å². The molecule has 18 heavy (non-hydrogen) atoms. The predicted octanol–water partition coefficient (Wildman–Crippen LogP) is 3.14. The number of Topliss-reactive ketones (excluding diaryl/α,β-unsaturated/α-hetero) is 1. The fraction of sp³-hybridized carbons (Fsp3) is 0.733. The SMILES string of the molecule is Cn1nccc1CCC(=O)C1CCCCC1(C)C. The molecule has 1 heterocycles. The minimum Gasteiger partial charge on any atom is -0.299 e. The Bertz CT molecular complexity index is 420. The van der Waals surface area contributed by atoms with Crippen LogP contribution in [0.25, 0.3) is 0 Å². The van der Waals surface area contributed by atoms with E-state index in [1.165, 1.54) is 19.3 Å². The van der Waals surface area contributed by atoms with Gasteiger partial charge in [0, 0.05) is 31.3 Å². The van der Waals surface area contributed by atoms with E-state index in [0.29, 0.717) is 12.2 Å². The van der Waals surface area contributed by atoms with E-state index in [4.69, 9.17) is 0 Å². The van der Waals surface area contributed by atoms with Gasteiger partial charge < -0.3 is 0 Å². The highest BCUT2D eigenvalue weighted by Gasteiger charge is 2.36. The van der Waals surface area contributed by atoms with Crippen LogP contribution in [0, 0.1) is 11.3 Å². The first-order chi connectivity index (χ1) is 8.50. The smallest absolute Gasteiger partial charge is 0.136 e. The van der Waals surface area contributed by atoms with Gasteiger partial charge in [0.05, 0.1) is 0 Å². The summed E-state index contributed by atoms with van der Waals surface area (Å²) in [6.45, 7) is 4.50. The monoisotopic (exact) mass is 248 g/mol. The first-order valence-corrected chi connectivity index (χ1v) is 7.00. The Labute approximate surface area is 110 Å². The van der Waals surface area contributed by atoms with Crippen LogP contribution in [-0.2, 0) is 18.3 Å². The van der Waals surface area contributed by atoms with Gasteiger partial charge in [-0.15, -0.1) is 0 Å². The highest BCUT2D eigenvalue weighted by molar-refractivity contribution is 5.82. The van der Waals surface area contributed by atoms with Gasteiger partial charge in [0.15, 0.2) is 0 Å². The molecule has 0 amide bonds. The fourth-order valence-corrected chi connectivity index (χ4v) is 3.16. The number of ketones is 1. The van der Waals surface area contributed by atoms with Crippen molar-refractivity contribution in [2.24, 2.45) is 18.4 Å². The highest BCUT2D eigenvalue weighted by atomic mass is 16.1. The lowest BCUT2D eigenvalue weighted by Crippen LogP contribution is -2.34. The Kier molecular flexibility index (Phi) is 3.88. The standard InChI is InChI=1S/C15H24N2O/c1-15(2)10-5-4-6-13(15)14(18)8-7-12-9-11-16-17(12)3/h9,11,13H,4-8,10H2,1-3H3. The van der Waals surface area contributed by atoms with E-state index in [-0.39, 0.29) is 11.3 Å². The molecule has 1 aliphatic carbocycles. The third kappa shape index (κ3) is 2.82. The molecule has 0 aliphatic heterocycles. The first-order valence-electron chi connectivity index (χ1n) is 7.00. The molecule has 3 nitrogen and oxygen atoms in total. The average molecular weight is 248 g/mol. The minimum atomic E-state index is 0.196. The number of rotatable bonds is 4. The highest BCUT2D eigenvalue weighted by Crippen LogP contribution is 2.41. The zero-order chi connectivity index (χ0) is 13.2. The second kappa shape index (κ2) is 5.25. The normalized spacial score (nSPS) is 22.9. The molecule has 1 aliphatic rings. The maximum Gasteiger partial charge on any atom is 0.136 e. The molecule has 1 saturated carbocycles. The third-order valence-electron chi connectivity index (χ3n) is 4.45. The van der Waals surface area contributed by atoms with Crippen molar-refractivity contribution in [3.8, 4) is 0 Å². The largest absolute Gasteiger partial charge is 0.299 e. The quantitative estimate of drug-likeness (QED) is 0.820. The van der Waals surface area contributed by atoms with Crippen molar-refractivity contribution in [3.63, 3.8) is 0 Å². The maximum absolute atomic E-state index is 12.4. The molecule has 2 rings (SSSR count). The van der Waals surface area contributed by atoms with Gasteiger partial charge in [0.25, 0.3) is 0 Å². The van der Waals surface area contributed by atoms with Crippen molar-refractivity contribution in [2.75, 3.05) is 0 Å². The van der Waals surface area contributed by atoms with Gasteiger partial charge >= 0.3 is 0 Å². The first kappa shape index (κ1) is 13.3. The Morgan fingerprint density at radius 1 is 1.50 bits per heavy atom. The van der Waals surface area contributed by atoms with E-state index in [0.717, 1.165) is 18.5 Å². The van der Waals surface area contributed by atoms with Gasteiger partial charge in [-0.25, -0.2) is 0 Å². The molecule has 1 aromatic heterocycles. The number of carbonyl (C=O) groups is 1. The van der Waals surface area contributed by atoms with Crippen LogP contribution < -0.4 is 0 Å². The summed E-state index contributed by atoms with van der Waals surface area (Å²) >= 11 is 0. The molecule has 100 valence electrons. The van der Waals surface area contributed by atoms with Gasteiger partial charge in [0.2, 0.25) is 0 Å². The minimum absolute atomic E-state index is 0.196. The second-order valence-electron chi connectivity index (χ2n) is 6.20. The zero-order valence-corrected chi connectivity index (χ0v) is 11.8. The molecular weight excluding hydrogens is 224 g/mol. The van der Waals surface area contributed by atoms with E-state index < -0.39 is 0 Å². The van der Waals surface area contributed by atoms with Crippen molar-refractivity contribution < 1.29 is 4.79 Å². The number of hydrogen-bond acceptors (Lipinski definition) is 2. The summed E-state index contributed by atoms with van der Waals surface area (Å²) in [5.41, 5.74) is 1.35. The number of aryl methyl sites for hydroxylation is 2. The molecule has 3 heteroatoms. The molecule has 1 atom stereocenters. The Morgan fingerprint density at radius 3 is 2.89 bits per heavy atom. The summed E-state index contributed by atoms with van der Waals surface area (Å²) in [4.78, 5) is 12.4.